The van der Waals surface area contributed by atoms with Crippen LogP contribution in [0.4, 0.5) is 0 Å². The molecule has 1 aromatic carbocycles. The van der Waals surface area contributed by atoms with E-state index in [1.807, 2.05) is 24.3 Å². The molecule has 2 rings (SSSR count). The van der Waals surface area contributed by atoms with E-state index < -0.39 is 0 Å². The molecule has 1 N–H and O–H groups in total. The van der Waals surface area contributed by atoms with Crippen molar-refractivity contribution in [2.24, 2.45) is 5.92 Å². The van der Waals surface area contributed by atoms with E-state index in [1.165, 1.54) is 5.56 Å². The van der Waals surface area contributed by atoms with Crippen molar-refractivity contribution < 1.29 is 9.53 Å². The number of hydrogen-bond donors (Lipinski definition) is 1. The zero-order valence-electron chi connectivity index (χ0n) is 13.4. The Labute approximate surface area is 128 Å². The quantitative estimate of drug-likeness (QED) is 0.921. The Morgan fingerprint density at radius 2 is 1.81 bits per heavy atom. The number of ether oxygens (including phenoxy) is 1. The summed E-state index contributed by atoms with van der Waals surface area (Å²) in [5.74, 6) is 0.727. The van der Waals surface area contributed by atoms with E-state index in [9.17, 15) is 4.79 Å². The first kappa shape index (κ1) is 16.0. The van der Waals surface area contributed by atoms with Crippen molar-refractivity contribution in [3.8, 4) is 0 Å². The van der Waals surface area contributed by atoms with Crippen molar-refractivity contribution >= 4 is 5.91 Å². The Morgan fingerprint density at radius 1 is 1.19 bits per heavy atom. The van der Waals surface area contributed by atoms with Gasteiger partial charge in [0.15, 0.2) is 0 Å². The monoisotopic (exact) mass is 289 g/mol. The smallest absolute Gasteiger partial charge is 0.251 e. The Balaban J connectivity index is 1.80. The standard InChI is InChI=1S/C18H27NO2/c1-18(2,3)16-6-4-15(5-7-16)17(20)19-11-8-14-9-12-21-13-10-14/h4-7,14H,8-13H2,1-3H3,(H,19,20). The van der Waals surface area contributed by atoms with Gasteiger partial charge in [-0.25, -0.2) is 0 Å². The molecule has 1 fully saturated rings. The van der Waals surface area contributed by atoms with Crippen LogP contribution in [0.15, 0.2) is 24.3 Å². The Kier molecular flexibility index (Phi) is 5.40. The van der Waals surface area contributed by atoms with Crippen LogP contribution in [0.5, 0.6) is 0 Å². The molecular weight excluding hydrogens is 262 g/mol. The van der Waals surface area contributed by atoms with Crippen molar-refractivity contribution in [1.29, 1.82) is 0 Å². The third kappa shape index (κ3) is 4.85. The SMILES string of the molecule is CC(C)(C)c1ccc(C(=O)NCCC2CCOCC2)cc1. The van der Waals surface area contributed by atoms with E-state index in [2.05, 4.69) is 26.1 Å². The van der Waals surface area contributed by atoms with E-state index in [1.54, 1.807) is 0 Å². The molecular formula is C18H27NO2. The van der Waals surface area contributed by atoms with Gasteiger partial charge >= 0.3 is 0 Å². The number of carbonyl (C=O) groups is 1. The average molecular weight is 289 g/mol. The van der Waals surface area contributed by atoms with Crippen molar-refractivity contribution in [3.63, 3.8) is 0 Å². The molecule has 116 valence electrons. The van der Waals surface area contributed by atoms with Crippen LogP contribution in [-0.2, 0) is 10.2 Å². The lowest BCUT2D eigenvalue weighted by Crippen LogP contribution is -2.27. The zero-order chi connectivity index (χ0) is 15.3. The molecule has 1 saturated heterocycles. The second kappa shape index (κ2) is 7.08. The van der Waals surface area contributed by atoms with Gasteiger partial charge in [-0.1, -0.05) is 32.9 Å². The van der Waals surface area contributed by atoms with Crippen LogP contribution < -0.4 is 5.32 Å². The molecule has 0 bridgehead atoms. The van der Waals surface area contributed by atoms with Crippen molar-refractivity contribution in [3.05, 3.63) is 35.4 Å². The molecule has 0 aliphatic carbocycles. The first-order valence-electron chi connectivity index (χ1n) is 7.93. The molecule has 0 aromatic heterocycles. The van der Waals surface area contributed by atoms with Crippen molar-refractivity contribution in [1.82, 2.24) is 5.32 Å². The number of rotatable bonds is 4. The highest BCUT2D eigenvalue weighted by atomic mass is 16.5. The summed E-state index contributed by atoms with van der Waals surface area (Å²) < 4.78 is 5.35. The molecule has 0 spiro atoms. The summed E-state index contributed by atoms with van der Waals surface area (Å²) in [6.07, 6.45) is 3.29. The minimum absolute atomic E-state index is 0.0301. The maximum atomic E-state index is 12.1. The largest absolute Gasteiger partial charge is 0.381 e. The van der Waals surface area contributed by atoms with Crippen LogP contribution in [-0.4, -0.2) is 25.7 Å². The molecule has 21 heavy (non-hydrogen) atoms. The molecule has 3 heteroatoms. The van der Waals surface area contributed by atoms with E-state index in [0.717, 1.165) is 44.6 Å². The molecule has 0 atom stereocenters. The zero-order valence-corrected chi connectivity index (χ0v) is 13.4. The van der Waals surface area contributed by atoms with Gasteiger partial charge < -0.3 is 10.1 Å². The second-order valence-electron chi connectivity index (χ2n) is 6.93. The fourth-order valence-electron chi connectivity index (χ4n) is 2.65. The summed E-state index contributed by atoms with van der Waals surface area (Å²) in [5.41, 5.74) is 2.12. The van der Waals surface area contributed by atoms with Crippen LogP contribution in [0.3, 0.4) is 0 Å². The van der Waals surface area contributed by atoms with Gasteiger partial charge in [-0.15, -0.1) is 0 Å². The first-order valence-corrected chi connectivity index (χ1v) is 7.93. The number of nitrogens with one attached hydrogen (secondary N) is 1. The van der Waals surface area contributed by atoms with E-state index in [0.29, 0.717) is 5.92 Å². The van der Waals surface area contributed by atoms with Gasteiger partial charge in [0.2, 0.25) is 0 Å². The van der Waals surface area contributed by atoms with E-state index in [4.69, 9.17) is 4.74 Å². The lowest BCUT2D eigenvalue weighted by Gasteiger charge is -2.22. The van der Waals surface area contributed by atoms with Gasteiger partial charge in [-0.3, -0.25) is 4.79 Å². The first-order chi connectivity index (χ1) is 9.97. The van der Waals surface area contributed by atoms with E-state index in [-0.39, 0.29) is 11.3 Å². The van der Waals surface area contributed by atoms with Gasteiger partial charge in [0.1, 0.15) is 0 Å². The highest BCUT2D eigenvalue weighted by molar-refractivity contribution is 5.94. The summed E-state index contributed by atoms with van der Waals surface area (Å²) in [4.78, 5) is 12.1. The van der Waals surface area contributed by atoms with Gasteiger partial charge in [0.25, 0.3) is 5.91 Å². The summed E-state index contributed by atoms with van der Waals surface area (Å²) in [6, 6.07) is 7.94. The Bertz CT molecular complexity index is 453. The van der Waals surface area contributed by atoms with Crippen LogP contribution in [0, 0.1) is 5.92 Å². The highest BCUT2D eigenvalue weighted by Gasteiger charge is 2.15. The van der Waals surface area contributed by atoms with Crippen LogP contribution >= 0.6 is 0 Å². The molecule has 3 nitrogen and oxygen atoms in total. The number of carbonyl (C=O) groups excluding carboxylic acids is 1. The van der Waals surface area contributed by atoms with E-state index >= 15 is 0 Å². The Morgan fingerprint density at radius 3 is 2.38 bits per heavy atom. The number of benzene rings is 1. The molecule has 0 saturated carbocycles. The summed E-state index contributed by atoms with van der Waals surface area (Å²) in [7, 11) is 0. The summed E-state index contributed by atoms with van der Waals surface area (Å²) >= 11 is 0. The molecule has 1 heterocycles. The van der Waals surface area contributed by atoms with Crippen LogP contribution in [0.2, 0.25) is 0 Å². The minimum Gasteiger partial charge on any atom is -0.381 e. The molecule has 1 amide bonds. The normalized spacial score (nSPS) is 16.7. The topological polar surface area (TPSA) is 38.3 Å². The maximum absolute atomic E-state index is 12.1. The van der Waals surface area contributed by atoms with Crippen LogP contribution in [0.1, 0.15) is 56.0 Å². The fraction of sp³-hybridized carbons (Fsp3) is 0.611. The lowest BCUT2D eigenvalue weighted by atomic mass is 9.86. The van der Waals surface area contributed by atoms with Crippen LogP contribution in [0.25, 0.3) is 0 Å². The van der Waals surface area contributed by atoms with Crippen molar-refractivity contribution in [2.45, 2.75) is 45.4 Å². The van der Waals surface area contributed by atoms with Crippen molar-refractivity contribution in [2.75, 3.05) is 19.8 Å². The summed E-state index contributed by atoms with van der Waals surface area (Å²) in [6.45, 7) is 9.02. The third-order valence-electron chi connectivity index (χ3n) is 4.19. The lowest BCUT2D eigenvalue weighted by molar-refractivity contribution is 0.0636. The fourth-order valence-corrected chi connectivity index (χ4v) is 2.65. The number of amides is 1. The molecule has 1 aliphatic heterocycles. The van der Waals surface area contributed by atoms with Gasteiger partial charge in [0.05, 0.1) is 0 Å². The summed E-state index contributed by atoms with van der Waals surface area (Å²) in [5, 5.41) is 3.02. The molecule has 1 aliphatic rings. The molecule has 1 aromatic rings. The Hall–Kier alpha value is -1.35. The maximum Gasteiger partial charge on any atom is 0.251 e. The third-order valence-corrected chi connectivity index (χ3v) is 4.19. The average Bonchev–Trinajstić information content (AvgIpc) is 2.47. The second-order valence-corrected chi connectivity index (χ2v) is 6.93. The molecule has 0 unspecified atom stereocenters. The van der Waals surface area contributed by atoms with Gasteiger partial charge in [-0.05, 0) is 48.3 Å². The number of hydrogen-bond acceptors (Lipinski definition) is 2. The molecule has 0 radical (unpaired) electrons. The van der Waals surface area contributed by atoms with Gasteiger partial charge in [-0.2, -0.15) is 0 Å². The van der Waals surface area contributed by atoms with Gasteiger partial charge in [0, 0.05) is 25.3 Å². The predicted octanol–water partition coefficient (Wildman–Crippen LogP) is 3.53. The highest BCUT2D eigenvalue weighted by Crippen LogP contribution is 2.22. The minimum atomic E-state index is 0.0301. The predicted molar refractivity (Wildman–Crippen MR) is 85.6 cm³/mol.